The van der Waals surface area contributed by atoms with Crippen LogP contribution in [-0.2, 0) is 0 Å². The number of alkyl halides is 1. The number of ether oxygens (including phenoxy) is 2. The van der Waals surface area contributed by atoms with Gasteiger partial charge in [0.15, 0.2) is 5.75 Å². The molecule has 0 saturated carbocycles. The molecule has 2 rings (SSSR count). The molecule has 0 bridgehead atoms. The molecule has 2 aromatic carbocycles. The summed E-state index contributed by atoms with van der Waals surface area (Å²) >= 11 is 19.5. The Labute approximate surface area is 176 Å². The van der Waals surface area contributed by atoms with Crippen molar-refractivity contribution in [1.29, 1.82) is 0 Å². The normalized spacial score (nSPS) is 13.3. The summed E-state index contributed by atoms with van der Waals surface area (Å²) in [7, 11) is 0. The summed E-state index contributed by atoms with van der Waals surface area (Å²) in [4.78, 5) is 1.75. The Morgan fingerprint density at radius 2 is 1.48 bits per heavy atom. The maximum atomic E-state index is 9.47. The van der Waals surface area contributed by atoms with E-state index in [0.717, 1.165) is 9.79 Å². The Bertz CT molecular complexity index is 706. The number of rotatable bonds is 10. The Morgan fingerprint density at radius 1 is 0.889 bits per heavy atom. The molecule has 0 aliphatic heterocycles. The lowest BCUT2D eigenvalue weighted by Gasteiger charge is -2.14. The Balaban J connectivity index is 2.00. The average Bonchev–Trinajstić information content (AvgIpc) is 2.66. The highest BCUT2D eigenvalue weighted by molar-refractivity contribution is 7.99. The van der Waals surface area contributed by atoms with Gasteiger partial charge in [0.2, 0.25) is 0 Å². The number of benzene rings is 2. The van der Waals surface area contributed by atoms with E-state index in [-0.39, 0.29) is 25.7 Å². The van der Waals surface area contributed by atoms with E-state index in [9.17, 15) is 10.2 Å². The highest BCUT2D eigenvalue weighted by Gasteiger charge is 2.13. The fourth-order valence-electron chi connectivity index (χ4n) is 1.94. The molecular formula is C18H19Cl3O5S. The first-order chi connectivity index (χ1) is 12.9. The highest BCUT2D eigenvalue weighted by Crippen LogP contribution is 2.39. The van der Waals surface area contributed by atoms with Crippen LogP contribution in [0.3, 0.4) is 0 Å². The monoisotopic (exact) mass is 452 g/mol. The van der Waals surface area contributed by atoms with Crippen LogP contribution in [0, 0.1) is 0 Å². The second-order valence-corrected chi connectivity index (χ2v) is 7.83. The second-order valence-electron chi connectivity index (χ2n) is 5.56. The first-order valence-electron chi connectivity index (χ1n) is 7.98. The molecule has 0 aliphatic carbocycles. The van der Waals surface area contributed by atoms with Crippen LogP contribution < -0.4 is 9.47 Å². The molecule has 0 aromatic heterocycles. The predicted molar refractivity (Wildman–Crippen MR) is 108 cm³/mol. The van der Waals surface area contributed by atoms with Gasteiger partial charge in [-0.25, -0.2) is 0 Å². The molecule has 2 atom stereocenters. The van der Waals surface area contributed by atoms with Gasteiger partial charge in [-0.15, -0.1) is 11.6 Å². The van der Waals surface area contributed by atoms with Crippen LogP contribution in [0.25, 0.3) is 0 Å². The van der Waals surface area contributed by atoms with E-state index in [1.165, 1.54) is 11.8 Å². The minimum atomic E-state index is -0.908. The molecular weight excluding hydrogens is 435 g/mol. The molecule has 0 heterocycles. The standard InChI is InChI=1S/C18H19Cl3O5S/c19-7-11(23)9-26-18-16(20)5-15(6-17(18)21)27-14-3-1-13(2-4-14)25-10-12(24)8-22/h1-6,11-12,22-24H,7-10H2. The number of hydrogen-bond donors (Lipinski definition) is 3. The zero-order valence-corrected chi connectivity index (χ0v) is 17.2. The highest BCUT2D eigenvalue weighted by atomic mass is 35.5. The number of halogens is 3. The van der Waals surface area contributed by atoms with Gasteiger partial charge < -0.3 is 24.8 Å². The third kappa shape index (κ3) is 7.23. The van der Waals surface area contributed by atoms with Gasteiger partial charge in [-0.2, -0.15) is 0 Å². The van der Waals surface area contributed by atoms with E-state index in [4.69, 9.17) is 49.4 Å². The molecule has 9 heteroatoms. The van der Waals surface area contributed by atoms with Crippen molar-refractivity contribution in [2.24, 2.45) is 0 Å². The van der Waals surface area contributed by atoms with Gasteiger partial charge in [0.1, 0.15) is 31.2 Å². The van der Waals surface area contributed by atoms with E-state index in [1.807, 2.05) is 12.1 Å². The van der Waals surface area contributed by atoms with Crippen LogP contribution in [-0.4, -0.2) is 53.2 Å². The van der Waals surface area contributed by atoms with E-state index in [2.05, 4.69) is 0 Å². The van der Waals surface area contributed by atoms with Crippen molar-refractivity contribution < 1.29 is 24.8 Å². The van der Waals surface area contributed by atoms with Gasteiger partial charge in [-0.05, 0) is 36.4 Å². The number of aliphatic hydroxyl groups is 3. The lowest BCUT2D eigenvalue weighted by molar-refractivity contribution is 0.0536. The van der Waals surface area contributed by atoms with Gasteiger partial charge in [0, 0.05) is 9.79 Å². The average molecular weight is 454 g/mol. The Hall–Kier alpha value is -0.860. The molecule has 2 aromatic rings. The van der Waals surface area contributed by atoms with Gasteiger partial charge in [-0.3, -0.25) is 0 Å². The van der Waals surface area contributed by atoms with Crippen LogP contribution in [0.1, 0.15) is 0 Å². The Morgan fingerprint density at radius 3 is 2.04 bits per heavy atom. The van der Waals surface area contributed by atoms with Gasteiger partial charge in [-0.1, -0.05) is 35.0 Å². The predicted octanol–water partition coefficient (Wildman–Crippen LogP) is 3.86. The SMILES string of the molecule is OCC(O)COc1ccc(Sc2cc(Cl)c(OCC(O)CCl)c(Cl)c2)cc1. The van der Waals surface area contributed by atoms with E-state index in [0.29, 0.717) is 21.5 Å². The zero-order valence-electron chi connectivity index (χ0n) is 14.1. The molecule has 3 N–H and O–H groups in total. The zero-order chi connectivity index (χ0) is 19.8. The van der Waals surface area contributed by atoms with E-state index in [1.54, 1.807) is 24.3 Å². The largest absolute Gasteiger partial charge is 0.491 e. The molecule has 0 amide bonds. The third-order valence-electron chi connectivity index (χ3n) is 3.28. The van der Waals surface area contributed by atoms with Gasteiger partial charge >= 0.3 is 0 Å². The van der Waals surface area contributed by atoms with Crippen LogP contribution in [0.2, 0.25) is 10.0 Å². The molecule has 2 unspecified atom stereocenters. The smallest absolute Gasteiger partial charge is 0.156 e. The van der Waals surface area contributed by atoms with Crippen LogP contribution >= 0.6 is 46.6 Å². The van der Waals surface area contributed by atoms with Crippen LogP contribution in [0.15, 0.2) is 46.2 Å². The van der Waals surface area contributed by atoms with E-state index >= 15 is 0 Å². The summed E-state index contributed by atoms with van der Waals surface area (Å²) in [5.74, 6) is 0.949. The van der Waals surface area contributed by atoms with Gasteiger partial charge in [0.25, 0.3) is 0 Å². The van der Waals surface area contributed by atoms with Crippen molar-refractivity contribution in [2.75, 3.05) is 25.7 Å². The fraction of sp³-hybridized carbons (Fsp3) is 0.333. The van der Waals surface area contributed by atoms with E-state index < -0.39 is 12.2 Å². The van der Waals surface area contributed by atoms with Gasteiger partial charge in [0.05, 0.1) is 22.5 Å². The van der Waals surface area contributed by atoms with Crippen LogP contribution in [0.5, 0.6) is 11.5 Å². The number of hydrogen-bond acceptors (Lipinski definition) is 6. The van der Waals surface area contributed by atoms with Crippen molar-refractivity contribution in [3.05, 3.63) is 46.4 Å². The second kappa shape index (κ2) is 11.2. The van der Waals surface area contributed by atoms with Crippen molar-refractivity contribution in [2.45, 2.75) is 22.0 Å². The quantitative estimate of drug-likeness (QED) is 0.474. The summed E-state index contributed by atoms with van der Waals surface area (Å²) < 4.78 is 10.8. The van der Waals surface area contributed by atoms with Crippen molar-refractivity contribution >= 4 is 46.6 Å². The summed E-state index contributed by atoms with van der Waals surface area (Å²) in [5.41, 5.74) is 0. The third-order valence-corrected chi connectivity index (χ3v) is 5.18. The molecule has 27 heavy (non-hydrogen) atoms. The number of aliphatic hydroxyl groups excluding tert-OH is 3. The first kappa shape index (κ1) is 22.4. The topological polar surface area (TPSA) is 79.2 Å². The molecule has 5 nitrogen and oxygen atoms in total. The molecule has 0 saturated heterocycles. The summed E-state index contributed by atoms with van der Waals surface area (Å²) in [6.07, 6.45) is -1.71. The summed E-state index contributed by atoms with van der Waals surface area (Å²) in [6, 6.07) is 10.7. The molecule has 0 radical (unpaired) electrons. The Kier molecular flexibility index (Phi) is 9.32. The maximum Gasteiger partial charge on any atom is 0.156 e. The first-order valence-corrected chi connectivity index (χ1v) is 10.1. The summed E-state index contributed by atoms with van der Waals surface area (Å²) in [6.45, 7) is -0.323. The molecule has 148 valence electrons. The van der Waals surface area contributed by atoms with Crippen LogP contribution in [0.4, 0.5) is 0 Å². The fourth-order valence-corrected chi connectivity index (χ4v) is 3.66. The van der Waals surface area contributed by atoms with Crippen molar-refractivity contribution in [3.63, 3.8) is 0 Å². The minimum Gasteiger partial charge on any atom is -0.491 e. The van der Waals surface area contributed by atoms with Crippen molar-refractivity contribution in [3.8, 4) is 11.5 Å². The molecule has 0 spiro atoms. The summed E-state index contributed by atoms with van der Waals surface area (Å²) in [5, 5.41) is 28.2. The van der Waals surface area contributed by atoms with Crippen molar-refractivity contribution in [1.82, 2.24) is 0 Å². The maximum absolute atomic E-state index is 9.47. The lowest BCUT2D eigenvalue weighted by Crippen LogP contribution is -2.21. The molecule has 0 fully saturated rings. The molecule has 0 aliphatic rings. The minimum absolute atomic E-state index is 0.00186. The lowest BCUT2D eigenvalue weighted by atomic mass is 10.3.